The number of halogens is 1. The van der Waals surface area contributed by atoms with E-state index in [1.807, 2.05) is 18.5 Å². The van der Waals surface area contributed by atoms with Gasteiger partial charge in [-0.15, -0.1) is 0 Å². The Bertz CT molecular complexity index is 518. The fraction of sp³-hybridized carbons (Fsp3) is 0.143. The van der Waals surface area contributed by atoms with Crippen LogP contribution in [0.1, 0.15) is 17.9 Å². The van der Waals surface area contributed by atoms with E-state index in [-0.39, 0.29) is 0 Å². The molecule has 1 aliphatic rings. The normalized spacial score (nSPS) is 15.1. The molecule has 1 saturated carbocycles. The quantitative estimate of drug-likeness (QED) is 0.799. The lowest BCUT2D eigenvalue weighted by Gasteiger charge is -2.08. The summed E-state index contributed by atoms with van der Waals surface area (Å²) in [4.78, 5) is 4.22. The van der Waals surface area contributed by atoms with Crippen molar-refractivity contribution in [3.63, 3.8) is 0 Å². The third kappa shape index (κ3) is 1.90. The summed E-state index contributed by atoms with van der Waals surface area (Å²) in [5, 5.41) is 0. The maximum Gasteiger partial charge on any atom is 0.0308 e. The lowest BCUT2D eigenvalue weighted by atomic mass is 9.99. The van der Waals surface area contributed by atoms with E-state index in [4.69, 9.17) is 0 Å². The van der Waals surface area contributed by atoms with E-state index in [2.05, 4.69) is 51.6 Å². The monoisotopic (exact) mass is 272 g/mol. The van der Waals surface area contributed by atoms with Gasteiger partial charge in [-0.25, -0.2) is 0 Å². The smallest absolute Gasteiger partial charge is 0.0308 e. The summed E-state index contributed by atoms with van der Waals surface area (Å²) in [5.41, 5.74) is 3.91. The molecule has 1 heterocycles. The van der Waals surface area contributed by atoms with Crippen LogP contribution in [-0.2, 0) is 0 Å². The van der Waals surface area contributed by atoms with Crippen LogP contribution in [0, 0.1) is 6.42 Å². The second kappa shape index (κ2) is 4.02. The van der Waals surface area contributed by atoms with Gasteiger partial charge in [-0.3, -0.25) is 4.98 Å². The maximum absolute atomic E-state index is 4.22. The summed E-state index contributed by atoms with van der Waals surface area (Å²) in [5.74, 6) is 0.614. The fourth-order valence-electron chi connectivity index (χ4n) is 1.94. The molecule has 79 valence electrons. The Hall–Kier alpha value is -1.15. The van der Waals surface area contributed by atoms with E-state index >= 15 is 0 Å². The molecule has 1 unspecified atom stereocenters. The van der Waals surface area contributed by atoms with E-state index in [9.17, 15) is 0 Å². The number of hydrogen-bond acceptors (Lipinski definition) is 1. The summed E-state index contributed by atoms with van der Waals surface area (Å²) >= 11 is 3.51. The molecule has 1 aliphatic carbocycles. The first-order valence-corrected chi connectivity index (χ1v) is 6.17. The predicted octanol–water partition coefficient (Wildman–Crippen LogP) is 4.20. The van der Waals surface area contributed by atoms with Crippen molar-refractivity contribution >= 4 is 15.9 Å². The van der Waals surface area contributed by atoms with Gasteiger partial charge in [0.15, 0.2) is 0 Å². The van der Waals surface area contributed by atoms with Crippen molar-refractivity contribution in [3.8, 4) is 11.1 Å². The van der Waals surface area contributed by atoms with Crippen molar-refractivity contribution in [1.82, 2.24) is 4.98 Å². The molecule has 0 N–H and O–H groups in total. The average Bonchev–Trinajstić information content (AvgIpc) is 3.13. The van der Waals surface area contributed by atoms with E-state index in [1.54, 1.807) is 0 Å². The highest BCUT2D eigenvalue weighted by molar-refractivity contribution is 9.10. The van der Waals surface area contributed by atoms with Gasteiger partial charge in [0.05, 0.1) is 0 Å². The largest absolute Gasteiger partial charge is 0.264 e. The molecule has 0 aliphatic heterocycles. The zero-order chi connectivity index (χ0) is 11.0. The Kier molecular flexibility index (Phi) is 2.52. The Labute approximate surface area is 104 Å². The topological polar surface area (TPSA) is 12.9 Å². The van der Waals surface area contributed by atoms with Gasteiger partial charge >= 0.3 is 0 Å². The molecule has 1 aromatic carbocycles. The Morgan fingerprint density at radius 1 is 1.25 bits per heavy atom. The van der Waals surface area contributed by atoms with Crippen LogP contribution in [0.2, 0.25) is 0 Å². The Morgan fingerprint density at radius 2 is 2.12 bits per heavy atom. The van der Waals surface area contributed by atoms with Crippen LogP contribution in [0.3, 0.4) is 0 Å². The van der Waals surface area contributed by atoms with E-state index in [0.29, 0.717) is 5.92 Å². The van der Waals surface area contributed by atoms with Crippen LogP contribution < -0.4 is 0 Å². The highest BCUT2D eigenvalue weighted by Gasteiger charge is 2.26. The second-order valence-electron chi connectivity index (χ2n) is 4.05. The van der Waals surface area contributed by atoms with Gasteiger partial charge in [0, 0.05) is 16.9 Å². The van der Waals surface area contributed by atoms with Gasteiger partial charge in [0.2, 0.25) is 0 Å². The third-order valence-corrected chi connectivity index (χ3v) is 3.35. The second-order valence-corrected chi connectivity index (χ2v) is 4.97. The van der Waals surface area contributed by atoms with Crippen molar-refractivity contribution in [2.45, 2.75) is 12.3 Å². The molecule has 0 spiro atoms. The van der Waals surface area contributed by atoms with Crippen molar-refractivity contribution < 1.29 is 0 Å². The summed E-state index contributed by atoms with van der Waals surface area (Å²) in [6.07, 6.45) is 7.36. The van der Waals surface area contributed by atoms with Crippen LogP contribution in [0.15, 0.2) is 47.2 Å². The molecule has 3 rings (SSSR count). The molecule has 1 atom stereocenters. The third-order valence-electron chi connectivity index (χ3n) is 2.86. The summed E-state index contributed by atoms with van der Waals surface area (Å²) in [6, 6.07) is 10.5. The number of benzene rings is 1. The van der Waals surface area contributed by atoms with Gasteiger partial charge in [-0.05, 0) is 53.6 Å². The molecule has 2 heteroatoms. The van der Waals surface area contributed by atoms with E-state index in [0.717, 1.165) is 4.47 Å². The molecule has 16 heavy (non-hydrogen) atoms. The van der Waals surface area contributed by atoms with Crippen LogP contribution in [0.25, 0.3) is 11.1 Å². The molecular weight excluding hydrogens is 262 g/mol. The highest BCUT2D eigenvalue weighted by Crippen LogP contribution is 2.43. The van der Waals surface area contributed by atoms with Crippen LogP contribution >= 0.6 is 15.9 Å². The van der Waals surface area contributed by atoms with Crippen molar-refractivity contribution in [1.29, 1.82) is 0 Å². The van der Waals surface area contributed by atoms with Crippen molar-refractivity contribution in [2.24, 2.45) is 0 Å². The van der Waals surface area contributed by atoms with Crippen LogP contribution in [0.5, 0.6) is 0 Å². The average molecular weight is 273 g/mol. The first-order chi connectivity index (χ1) is 7.84. The van der Waals surface area contributed by atoms with Crippen LogP contribution in [0.4, 0.5) is 0 Å². The summed E-state index contributed by atoms with van der Waals surface area (Å²) in [7, 11) is 0. The highest BCUT2D eigenvalue weighted by atomic mass is 79.9. The standard InChI is InChI=1S/C14H11BrN/c15-12-3-1-2-11(8-12)13-6-7-16-9-14(13)10-4-5-10/h1-4,6-10H,5H2. The van der Waals surface area contributed by atoms with Gasteiger partial charge in [-0.2, -0.15) is 0 Å². The lowest BCUT2D eigenvalue weighted by Crippen LogP contribution is -1.88. The molecule has 2 aromatic rings. The molecule has 1 aromatic heterocycles. The zero-order valence-corrected chi connectivity index (χ0v) is 10.3. The molecular formula is C14H11BrN. The summed E-state index contributed by atoms with van der Waals surface area (Å²) in [6.45, 7) is 0. The number of aromatic nitrogens is 1. The molecule has 0 saturated heterocycles. The Balaban J connectivity index is 2.11. The maximum atomic E-state index is 4.22. The number of hydrogen-bond donors (Lipinski definition) is 0. The molecule has 1 radical (unpaired) electrons. The predicted molar refractivity (Wildman–Crippen MR) is 69.0 cm³/mol. The first kappa shape index (κ1) is 10.0. The van der Waals surface area contributed by atoms with Crippen molar-refractivity contribution in [2.75, 3.05) is 0 Å². The van der Waals surface area contributed by atoms with Crippen molar-refractivity contribution in [3.05, 3.63) is 59.2 Å². The number of pyridine rings is 1. The Morgan fingerprint density at radius 3 is 2.88 bits per heavy atom. The molecule has 0 bridgehead atoms. The SMILES string of the molecule is Brc1cccc(-c2ccncc2C2[CH]C2)c1. The number of rotatable bonds is 2. The van der Waals surface area contributed by atoms with Crippen LogP contribution in [-0.4, -0.2) is 4.98 Å². The first-order valence-electron chi connectivity index (χ1n) is 5.38. The van der Waals surface area contributed by atoms with Gasteiger partial charge in [0.1, 0.15) is 0 Å². The lowest BCUT2D eigenvalue weighted by molar-refractivity contribution is 1.12. The van der Waals surface area contributed by atoms with Gasteiger partial charge in [0.25, 0.3) is 0 Å². The molecule has 1 nitrogen and oxygen atoms in total. The van der Waals surface area contributed by atoms with Gasteiger partial charge < -0.3 is 0 Å². The minimum Gasteiger partial charge on any atom is -0.264 e. The minimum absolute atomic E-state index is 0.614. The summed E-state index contributed by atoms with van der Waals surface area (Å²) < 4.78 is 1.12. The van der Waals surface area contributed by atoms with E-state index in [1.165, 1.54) is 23.1 Å². The van der Waals surface area contributed by atoms with Gasteiger partial charge in [-0.1, -0.05) is 28.1 Å². The van der Waals surface area contributed by atoms with E-state index < -0.39 is 0 Å². The number of nitrogens with zero attached hydrogens (tertiary/aromatic N) is 1. The fourth-order valence-corrected chi connectivity index (χ4v) is 2.34. The zero-order valence-electron chi connectivity index (χ0n) is 8.73. The molecule has 0 amide bonds. The molecule has 1 fully saturated rings. The minimum atomic E-state index is 0.614.